The molecule has 2 rings (SSSR count). The van der Waals surface area contributed by atoms with Gasteiger partial charge in [-0.1, -0.05) is 6.07 Å². The number of sulfonamides is 1. The average Bonchev–Trinajstić information content (AvgIpc) is 2.86. The summed E-state index contributed by atoms with van der Waals surface area (Å²) in [5.41, 5.74) is 0.950. The lowest BCUT2D eigenvalue weighted by molar-refractivity contribution is 0.173. The topological polar surface area (TPSA) is 80.1 Å². The van der Waals surface area contributed by atoms with E-state index in [1.165, 1.54) is 13.2 Å². The van der Waals surface area contributed by atoms with Crippen molar-refractivity contribution < 1.29 is 13.2 Å². The summed E-state index contributed by atoms with van der Waals surface area (Å²) >= 11 is 6.66. The lowest BCUT2D eigenvalue weighted by Gasteiger charge is -2.17. The maximum atomic E-state index is 12.4. The second kappa shape index (κ2) is 6.77. The molecule has 110 valence electrons. The van der Waals surface area contributed by atoms with Crippen LogP contribution in [0.25, 0.3) is 0 Å². The van der Waals surface area contributed by atoms with Gasteiger partial charge in [0.05, 0.1) is 18.0 Å². The van der Waals surface area contributed by atoms with E-state index in [4.69, 9.17) is 16.3 Å². The van der Waals surface area contributed by atoms with Gasteiger partial charge in [0, 0.05) is 19.0 Å². The van der Waals surface area contributed by atoms with E-state index >= 15 is 0 Å². The quantitative estimate of drug-likeness (QED) is 0.788. The summed E-state index contributed by atoms with van der Waals surface area (Å²) in [5, 5.41) is 0. The molecule has 1 aromatic rings. The Morgan fingerprint density at radius 1 is 1.45 bits per heavy atom. The van der Waals surface area contributed by atoms with Crippen LogP contribution in [0.1, 0.15) is 6.42 Å². The van der Waals surface area contributed by atoms with Crippen LogP contribution < -0.4 is 4.72 Å². The minimum atomic E-state index is -3.68. The summed E-state index contributed by atoms with van der Waals surface area (Å²) in [5.74, 6) is 0.346. The molecule has 1 aliphatic rings. The number of nitrogens with one attached hydrogen (secondary N) is 1. The summed E-state index contributed by atoms with van der Waals surface area (Å²) in [6.07, 6.45) is 0.486. The predicted octanol–water partition coefficient (Wildman–Crippen LogP) is 2.34. The van der Waals surface area contributed by atoms with Crippen LogP contribution in [-0.2, 0) is 26.1 Å². The number of methoxy groups -OCH3 is 1. The van der Waals surface area contributed by atoms with Gasteiger partial charge in [0.2, 0.25) is 10.0 Å². The molecule has 9 heteroatoms. The van der Waals surface area contributed by atoms with Gasteiger partial charge >= 0.3 is 0 Å². The lowest BCUT2D eigenvalue weighted by atomic mass is 10.3. The van der Waals surface area contributed by atoms with Crippen molar-refractivity contribution in [3.63, 3.8) is 0 Å². The predicted molar refractivity (Wildman–Crippen MR) is 79.3 cm³/mol. The highest BCUT2D eigenvalue weighted by Gasteiger charge is 2.25. The zero-order chi connectivity index (χ0) is 14.6. The van der Waals surface area contributed by atoms with Crippen LogP contribution in [0.15, 0.2) is 31.8 Å². The molecule has 0 saturated heterocycles. The summed E-state index contributed by atoms with van der Waals surface area (Å²) in [6, 6.07) is 4.51. The number of fused-ring (bicyclic) bond motifs is 1. The van der Waals surface area contributed by atoms with E-state index in [0.29, 0.717) is 23.7 Å². The SMILES string of the molecule is COCC(CCCl)NS(=O)(=O)c1cccc2c1N=S=N2. The van der Waals surface area contributed by atoms with Crippen LogP contribution in [0.4, 0.5) is 11.4 Å². The van der Waals surface area contributed by atoms with Crippen molar-refractivity contribution in [2.24, 2.45) is 8.73 Å². The van der Waals surface area contributed by atoms with Crippen LogP contribution >= 0.6 is 11.6 Å². The summed E-state index contributed by atoms with van der Waals surface area (Å²) < 4.78 is 40.5. The molecule has 0 spiro atoms. The number of halogens is 1. The normalized spacial score (nSPS) is 14.9. The molecule has 0 amide bonds. The molecule has 0 radical (unpaired) electrons. The first-order chi connectivity index (χ1) is 9.58. The Bertz CT molecular complexity index is 651. The van der Waals surface area contributed by atoms with Gasteiger partial charge < -0.3 is 4.74 Å². The highest BCUT2D eigenvalue weighted by molar-refractivity contribution is 7.89. The van der Waals surface area contributed by atoms with Gasteiger partial charge in [-0.05, 0) is 18.6 Å². The molecular formula is C11H14ClN3O3S2. The summed E-state index contributed by atoms with van der Waals surface area (Å²) in [6.45, 7) is 0.261. The molecule has 1 aromatic carbocycles. The molecule has 1 unspecified atom stereocenters. The number of ether oxygens (including phenoxy) is 1. The van der Waals surface area contributed by atoms with Gasteiger partial charge in [0.15, 0.2) is 0 Å². The average molecular weight is 336 g/mol. The number of nitrogens with zero attached hydrogens (tertiary/aromatic N) is 2. The molecule has 1 aliphatic heterocycles. The number of benzene rings is 1. The smallest absolute Gasteiger partial charge is 0.243 e. The van der Waals surface area contributed by atoms with Crippen LogP contribution in [0.2, 0.25) is 0 Å². The van der Waals surface area contributed by atoms with E-state index in [-0.39, 0.29) is 17.5 Å². The Balaban J connectivity index is 2.27. The van der Waals surface area contributed by atoms with E-state index < -0.39 is 10.0 Å². The van der Waals surface area contributed by atoms with Gasteiger partial charge in [0.1, 0.15) is 16.3 Å². The summed E-state index contributed by atoms with van der Waals surface area (Å²) in [7, 11) is -2.17. The number of alkyl halides is 1. The molecule has 0 saturated carbocycles. The molecular weight excluding hydrogens is 322 g/mol. The second-order valence-electron chi connectivity index (χ2n) is 4.14. The van der Waals surface area contributed by atoms with E-state index in [0.717, 1.165) is 11.4 Å². The maximum absolute atomic E-state index is 12.4. The van der Waals surface area contributed by atoms with Crippen LogP contribution in [0.3, 0.4) is 0 Å². The van der Waals surface area contributed by atoms with Crippen molar-refractivity contribution in [2.45, 2.75) is 17.4 Å². The summed E-state index contributed by atoms with van der Waals surface area (Å²) in [4.78, 5) is 0.124. The molecule has 6 nitrogen and oxygen atoms in total. The second-order valence-corrected chi connectivity index (χ2v) is 6.73. The van der Waals surface area contributed by atoms with E-state index in [2.05, 4.69) is 13.4 Å². The zero-order valence-electron chi connectivity index (χ0n) is 10.7. The number of rotatable bonds is 7. The van der Waals surface area contributed by atoms with Crippen LogP contribution in [0.5, 0.6) is 0 Å². The van der Waals surface area contributed by atoms with Crippen LogP contribution in [-0.4, -0.2) is 34.1 Å². The first kappa shape index (κ1) is 15.6. The van der Waals surface area contributed by atoms with Gasteiger partial charge in [-0.15, -0.1) is 11.6 Å². The van der Waals surface area contributed by atoms with Gasteiger partial charge in [0.25, 0.3) is 0 Å². The zero-order valence-corrected chi connectivity index (χ0v) is 13.1. The van der Waals surface area contributed by atoms with Crippen molar-refractivity contribution in [1.29, 1.82) is 0 Å². The molecule has 0 aliphatic carbocycles. The third-order valence-electron chi connectivity index (χ3n) is 2.69. The first-order valence-corrected chi connectivity index (χ1v) is 8.62. The van der Waals surface area contributed by atoms with Gasteiger partial charge in [-0.3, -0.25) is 0 Å². The fourth-order valence-corrected chi connectivity index (χ4v) is 4.08. The van der Waals surface area contributed by atoms with Crippen molar-refractivity contribution in [2.75, 3.05) is 19.6 Å². The van der Waals surface area contributed by atoms with Crippen molar-refractivity contribution in [1.82, 2.24) is 4.72 Å². The molecule has 0 aromatic heterocycles. The standard InChI is InChI=1S/C11H14ClN3O3S2/c1-18-7-8(5-6-12)15-20(16,17)10-4-2-3-9-11(10)14-19-13-9/h2-4,8,15H,5-7H2,1H3. The van der Waals surface area contributed by atoms with Gasteiger partial charge in [-0.2, -0.15) is 8.73 Å². The first-order valence-electron chi connectivity index (χ1n) is 5.87. The van der Waals surface area contributed by atoms with Crippen molar-refractivity contribution in [3.05, 3.63) is 18.2 Å². The maximum Gasteiger partial charge on any atom is 0.243 e. The third kappa shape index (κ3) is 3.44. The van der Waals surface area contributed by atoms with Crippen LogP contribution in [0, 0.1) is 0 Å². The molecule has 20 heavy (non-hydrogen) atoms. The molecule has 1 atom stereocenters. The van der Waals surface area contributed by atoms with E-state index in [1.54, 1.807) is 12.1 Å². The van der Waals surface area contributed by atoms with Crippen molar-refractivity contribution >= 4 is 44.4 Å². The number of hydrogen-bond donors (Lipinski definition) is 1. The fourth-order valence-electron chi connectivity index (χ4n) is 1.79. The van der Waals surface area contributed by atoms with Gasteiger partial charge in [-0.25, -0.2) is 13.1 Å². The molecule has 0 fully saturated rings. The minimum absolute atomic E-state index is 0.124. The molecule has 0 bridgehead atoms. The highest BCUT2D eigenvalue weighted by atomic mass is 35.5. The molecule has 1 heterocycles. The van der Waals surface area contributed by atoms with Crippen molar-refractivity contribution in [3.8, 4) is 0 Å². The Hall–Kier alpha value is -0.800. The Morgan fingerprint density at radius 3 is 2.95 bits per heavy atom. The number of hydrogen-bond acceptors (Lipinski definition) is 5. The largest absolute Gasteiger partial charge is 0.383 e. The lowest BCUT2D eigenvalue weighted by Crippen LogP contribution is -2.38. The fraction of sp³-hybridized carbons (Fsp3) is 0.455. The molecule has 1 N–H and O–H groups in total. The van der Waals surface area contributed by atoms with E-state index in [9.17, 15) is 8.42 Å². The minimum Gasteiger partial charge on any atom is -0.383 e. The third-order valence-corrected chi connectivity index (χ3v) is 5.00. The Kier molecular flexibility index (Phi) is 5.28. The monoisotopic (exact) mass is 335 g/mol. The Morgan fingerprint density at radius 2 is 2.25 bits per heavy atom. The highest BCUT2D eigenvalue weighted by Crippen LogP contribution is 2.37. The van der Waals surface area contributed by atoms with E-state index in [1.807, 2.05) is 0 Å². The Labute approximate surface area is 126 Å².